The molecule has 1 aromatic heterocycles. The van der Waals surface area contributed by atoms with Gasteiger partial charge >= 0.3 is 0 Å². The van der Waals surface area contributed by atoms with Crippen molar-refractivity contribution in [1.29, 1.82) is 0 Å². The molecule has 2 aliphatic rings. The van der Waals surface area contributed by atoms with Crippen LogP contribution in [-0.2, 0) is 6.54 Å². The highest BCUT2D eigenvalue weighted by Crippen LogP contribution is 2.37. The molecule has 0 N–H and O–H groups in total. The Morgan fingerprint density at radius 3 is 2.80 bits per heavy atom. The number of hydrogen-bond donors (Lipinski definition) is 0. The molecule has 136 valence electrons. The summed E-state index contributed by atoms with van der Waals surface area (Å²) in [6.07, 6.45) is 3.93. The molecule has 0 aliphatic carbocycles. The van der Waals surface area contributed by atoms with Crippen molar-refractivity contribution in [3.63, 3.8) is 0 Å². The summed E-state index contributed by atoms with van der Waals surface area (Å²) >= 11 is 0. The van der Waals surface area contributed by atoms with E-state index in [0.717, 1.165) is 36.2 Å². The van der Waals surface area contributed by atoms with Crippen LogP contribution in [0, 0.1) is 11.8 Å². The van der Waals surface area contributed by atoms with Crippen LogP contribution >= 0.6 is 0 Å². The maximum absolute atomic E-state index is 5.45. The van der Waals surface area contributed by atoms with Gasteiger partial charge in [-0.15, -0.1) is 0 Å². The van der Waals surface area contributed by atoms with Gasteiger partial charge in [0.15, 0.2) is 0 Å². The number of rotatable bonds is 2. The van der Waals surface area contributed by atoms with Crippen molar-refractivity contribution in [2.75, 3.05) is 20.2 Å². The third-order valence-electron chi connectivity index (χ3n) is 6.63. The Hall–Kier alpha value is -1.55. The van der Waals surface area contributed by atoms with Crippen molar-refractivity contribution < 1.29 is 4.74 Å². The SMILES string of the molecule is CCC1CC2CC(C)c3nc4ccc(OC)cc4n3CCN(C2)C1C. The molecule has 2 aromatic rings. The van der Waals surface area contributed by atoms with E-state index in [1.165, 1.54) is 37.1 Å². The second kappa shape index (κ2) is 6.64. The van der Waals surface area contributed by atoms with E-state index in [1.54, 1.807) is 7.11 Å². The van der Waals surface area contributed by atoms with Crippen LogP contribution in [0.25, 0.3) is 11.0 Å². The van der Waals surface area contributed by atoms with Crippen molar-refractivity contribution in [2.45, 2.75) is 58.5 Å². The number of benzene rings is 1. The molecule has 1 saturated heterocycles. The summed E-state index contributed by atoms with van der Waals surface area (Å²) < 4.78 is 7.91. The van der Waals surface area contributed by atoms with E-state index in [-0.39, 0.29) is 0 Å². The lowest BCUT2D eigenvalue weighted by Crippen LogP contribution is -2.47. The lowest BCUT2D eigenvalue weighted by molar-refractivity contribution is 0.0584. The van der Waals surface area contributed by atoms with Gasteiger partial charge in [0.05, 0.1) is 18.1 Å². The first-order valence-electron chi connectivity index (χ1n) is 9.89. The van der Waals surface area contributed by atoms with Gasteiger partial charge in [0.1, 0.15) is 11.6 Å². The number of nitrogens with zero attached hydrogens (tertiary/aromatic N) is 3. The molecular formula is C21H31N3O. The first kappa shape index (κ1) is 16.9. The fourth-order valence-corrected chi connectivity index (χ4v) is 5.16. The minimum atomic E-state index is 0.509. The Balaban J connectivity index is 1.74. The van der Waals surface area contributed by atoms with E-state index in [4.69, 9.17) is 9.72 Å². The standard InChI is InChI=1S/C21H31N3O/c1-5-17-11-16-10-14(2)21-22-19-7-6-18(25-4)12-20(19)24(21)9-8-23(13-16)15(17)3/h6-7,12,14-17H,5,8-11,13H2,1-4H3. The largest absolute Gasteiger partial charge is 0.497 e. The fraction of sp³-hybridized carbons (Fsp3) is 0.667. The van der Waals surface area contributed by atoms with Crippen molar-refractivity contribution in [1.82, 2.24) is 14.5 Å². The number of fused-ring (bicyclic) bond motifs is 5. The van der Waals surface area contributed by atoms with E-state index in [9.17, 15) is 0 Å². The average Bonchev–Trinajstić information content (AvgIpc) is 3.00. The molecule has 0 spiro atoms. The maximum atomic E-state index is 5.45. The summed E-state index contributed by atoms with van der Waals surface area (Å²) in [5, 5.41) is 0. The molecule has 5 unspecified atom stereocenters. The first-order chi connectivity index (χ1) is 12.1. The Morgan fingerprint density at radius 1 is 1.20 bits per heavy atom. The van der Waals surface area contributed by atoms with E-state index in [0.29, 0.717) is 12.0 Å². The fourth-order valence-electron chi connectivity index (χ4n) is 5.16. The van der Waals surface area contributed by atoms with Crippen LogP contribution < -0.4 is 4.74 Å². The molecule has 2 bridgehead atoms. The number of aromatic nitrogens is 2. The summed E-state index contributed by atoms with van der Waals surface area (Å²) in [4.78, 5) is 7.75. The van der Waals surface area contributed by atoms with Crippen LogP contribution in [-0.4, -0.2) is 40.7 Å². The summed E-state index contributed by atoms with van der Waals surface area (Å²) in [7, 11) is 1.74. The third kappa shape index (κ3) is 2.95. The van der Waals surface area contributed by atoms with Crippen LogP contribution in [0.1, 0.15) is 51.8 Å². The molecule has 1 fully saturated rings. The van der Waals surface area contributed by atoms with E-state index < -0.39 is 0 Å². The summed E-state index contributed by atoms with van der Waals surface area (Å²) in [6, 6.07) is 6.97. The van der Waals surface area contributed by atoms with Gasteiger partial charge in [-0.1, -0.05) is 20.3 Å². The lowest BCUT2D eigenvalue weighted by Gasteiger charge is -2.43. The molecule has 0 saturated carbocycles. The van der Waals surface area contributed by atoms with Gasteiger partial charge < -0.3 is 9.30 Å². The van der Waals surface area contributed by atoms with E-state index in [1.807, 2.05) is 6.07 Å². The van der Waals surface area contributed by atoms with Gasteiger partial charge in [0, 0.05) is 37.7 Å². The molecule has 25 heavy (non-hydrogen) atoms. The number of methoxy groups -OCH3 is 1. The van der Waals surface area contributed by atoms with Crippen molar-refractivity contribution in [2.24, 2.45) is 11.8 Å². The highest BCUT2D eigenvalue weighted by Gasteiger charge is 2.35. The number of hydrogen-bond acceptors (Lipinski definition) is 3. The van der Waals surface area contributed by atoms with Crippen molar-refractivity contribution in [3.05, 3.63) is 24.0 Å². The Morgan fingerprint density at radius 2 is 2.04 bits per heavy atom. The highest BCUT2D eigenvalue weighted by atomic mass is 16.5. The summed E-state index contributed by atoms with van der Waals surface area (Å²) in [5.74, 6) is 4.33. The normalized spacial score (nSPS) is 32.6. The Kier molecular flexibility index (Phi) is 4.48. The molecular weight excluding hydrogens is 310 g/mol. The Labute approximate surface area is 151 Å². The average molecular weight is 341 g/mol. The van der Waals surface area contributed by atoms with Gasteiger partial charge in [-0.2, -0.15) is 0 Å². The van der Waals surface area contributed by atoms with Crippen LogP contribution in [0.15, 0.2) is 18.2 Å². The molecule has 5 atom stereocenters. The zero-order valence-corrected chi connectivity index (χ0v) is 16.0. The number of piperidine rings is 1. The maximum Gasteiger partial charge on any atom is 0.121 e. The topological polar surface area (TPSA) is 30.3 Å². The van der Waals surface area contributed by atoms with Crippen LogP contribution in [0.5, 0.6) is 5.75 Å². The van der Waals surface area contributed by atoms with Gasteiger partial charge in [-0.05, 0) is 43.7 Å². The number of ether oxygens (including phenoxy) is 1. The molecule has 4 heteroatoms. The first-order valence-corrected chi connectivity index (χ1v) is 9.89. The molecule has 4 rings (SSSR count). The minimum absolute atomic E-state index is 0.509. The predicted molar refractivity (Wildman–Crippen MR) is 102 cm³/mol. The summed E-state index contributed by atoms with van der Waals surface area (Å²) in [6.45, 7) is 10.6. The van der Waals surface area contributed by atoms with Crippen LogP contribution in [0.4, 0.5) is 0 Å². The molecule has 4 nitrogen and oxygen atoms in total. The van der Waals surface area contributed by atoms with Crippen molar-refractivity contribution >= 4 is 11.0 Å². The minimum Gasteiger partial charge on any atom is -0.497 e. The number of imidazole rings is 1. The van der Waals surface area contributed by atoms with Gasteiger partial charge in [0.25, 0.3) is 0 Å². The zero-order chi connectivity index (χ0) is 17.6. The molecule has 1 aromatic carbocycles. The smallest absolute Gasteiger partial charge is 0.121 e. The van der Waals surface area contributed by atoms with Crippen LogP contribution in [0.2, 0.25) is 0 Å². The second-order valence-corrected chi connectivity index (χ2v) is 8.12. The highest BCUT2D eigenvalue weighted by molar-refractivity contribution is 5.78. The van der Waals surface area contributed by atoms with E-state index >= 15 is 0 Å². The monoisotopic (exact) mass is 341 g/mol. The van der Waals surface area contributed by atoms with Gasteiger partial charge in [-0.25, -0.2) is 4.98 Å². The third-order valence-corrected chi connectivity index (χ3v) is 6.63. The predicted octanol–water partition coefficient (Wildman–Crippen LogP) is 4.29. The summed E-state index contributed by atoms with van der Waals surface area (Å²) in [5.41, 5.74) is 2.32. The van der Waals surface area contributed by atoms with Gasteiger partial charge in [-0.3, -0.25) is 4.90 Å². The van der Waals surface area contributed by atoms with Gasteiger partial charge in [0.2, 0.25) is 0 Å². The second-order valence-electron chi connectivity index (χ2n) is 8.12. The molecule has 2 aliphatic heterocycles. The van der Waals surface area contributed by atoms with Crippen LogP contribution in [0.3, 0.4) is 0 Å². The zero-order valence-electron chi connectivity index (χ0n) is 16.0. The Bertz CT molecular complexity index is 753. The molecule has 3 heterocycles. The van der Waals surface area contributed by atoms with Crippen molar-refractivity contribution in [3.8, 4) is 5.75 Å². The quantitative estimate of drug-likeness (QED) is 0.816. The lowest BCUT2D eigenvalue weighted by atomic mass is 9.79. The van der Waals surface area contributed by atoms with E-state index in [2.05, 4.69) is 42.4 Å². The molecule has 0 amide bonds. The molecule has 0 radical (unpaired) electrons.